The van der Waals surface area contributed by atoms with E-state index in [1.807, 2.05) is 0 Å². The number of benzene rings is 2. The molecule has 2 aromatic carbocycles. The molecular weight excluding hydrogens is 596 g/mol. The molecule has 2 aromatic rings. The van der Waals surface area contributed by atoms with E-state index in [1.54, 1.807) is 19.6 Å². The topological polar surface area (TPSA) is 75.7 Å². The molecule has 2 rings (SSSR count). The van der Waals surface area contributed by atoms with Crippen molar-refractivity contribution in [2.24, 2.45) is 4.99 Å². The van der Waals surface area contributed by atoms with Crippen molar-refractivity contribution in [3.05, 3.63) is 57.1 Å². The van der Waals surface area contributed by atoms with Gasteiger partial charge < -0.3 is 5.11 Å². The molecule has 0 aliphatic rings. The molecule has 0 atom stereocenters. The number of halogens is 8. The summed E-state index contributed by atoms with van der Waals surface area (Å²) in [4.78, 5) is 14.1. The Balaban J connectivity index is 0.00000172. The SMILES string of the molecule is C[Si](C)(C)c1cc([N+](=O)[O-])cc(C=Nc2cc(C(F)(F)F)cc(C(F)(F)F)c2)c1O.[Cl][Zr][Cl]. The molecule has 0 radical (unpaired) electrons. The third-order valence-corrected chi connectivity index (χ3v) is 6.07. The molecule has 0 saturated heterocycles. The molecule has 0 saturated carbocycles. The first kappa shape index (κ1) is 29.6. The van der Waals surface area contributed by atoms with E-state index < -0.39 is 63.0 Å². The number of non-ortho nitro benzene ring substituents is 1. The first-order valence-electron chi connectivity index (χ1n) is 8.73. The molecule has 0 amide bonds. The average Bonchev–Trinajstić information content (AvgIpc) is 2.65. The zero-order valence-electron chi connectivity index (χ0n) is 17.1. The normalized spacial score (nSPS) is 12.3. The van der Waals surface area contributed by atoms with Crippen molar-refractivity contribution in [2.45, 2.75) is 32.0 Å². The summed E-state index contributed by atoms with van der Waals surface area (Å²) in [6.45, 7) is 5.40. The Labute approximate surface area is 204 Å². The summed E-state index contributed by atoms with van der Waals surface area (Å²) < 4.78 is 77.8. The van der Waals surface area contributed by atoms with Crippen LogP contribution in [0.4, 0.5) is 37.7 Å². The summed E-state index contributed by atoms with van der Waals surface area (Å²) in [6.07, 6.45) is -9.27. The van der Waals surface area contributed by atoms with Gasteiger partial charge in [-0.1, -0.05) is 19.6 Å². The van der Waals surface area contributed by atoms with Crippen molar-refractivity contribution >= 4 is 47.9 Å². The quantitative estimate of drug-likeness (QED) is 0.133. The molecule has 0 aromatic heterocycles. The third kappa shape index (κ3) is 8.70. The van der Waals surface area contributed by atoms with Crippen LogP contribution in [-0.2, 0) is 33.2 Å². The molecule has 0 unspecified atom stereocenters. The van der Waals surface area contributed by atoms with Gasteiger partial charge in [0, 0.05) is 23.9 Å². The van der Waals surface area contributed by atoms with Crippen molar-refractivity contribution < 1.29 is 57.2 Å². The van der Waals surface area contributed by atoms with Gasteiger partial charge in [0.25, 0.3) is 5.69 Å². The van der Waals surface area contributed by atoms with E-state index in [2.05, 4.69) is 4.99 Å². The fourth-order valence-electron chi connectivity index (χ4n) is 2.57. The summed E-state index contributed by atoms with van der Waals surface area (Å²) in [5.41, 5.74) is -4.33. The Morgan fingerprint density at radius 2 is 1.45 bits per heavy atom. The van der Waals surface area contributed by atoms with Gasteiger partial charge in [-0.15, -0.1) is 0 Å². The Bertz CT molecular complexity index is 1010. The number of nitro benzene ring substituents is 1. The Morgan fingerprint density at radius 1 is 1.00 bits per heavy atom. The molecule has 0 heterocycles. The average molecular weight is 613 g/mol. The van der Waals surface area contributed by atoms with Crippen molar-refractivity contribution in [3.63, 3.8) is 0 Å². The van der Waals surface area contributed by atoms with Gasteiger partial charge in [0.1, 0.15) is 5.75 Å². The molecule has 1 N–H and O–H groups in total. The number of phenols is 1. The number of phenolic OH excluding ortho intramolecular Hbond substituents is 1. The third-order valence-electron chi connectivity index (χ3n) is 4.07. The maximum absolute atomic E-state index is 13.0. The molecule has 33 heavy (non-hydrogen) atoms. The fourth-order valence-corrected chi connectivity index (χ4v) is 4.01. The van der Waals surface area contributed by atoms with Crippen LogP contribution in [0.25, 0.3) is 0 Å². The zero-order chi connectivity index (χ0) is 25.8. The Morgan fingerprint density at radius 3 is 1.82 bits per heavy atom. The fraction of sp³-hybridized carbons (Fsp3) is 0.278. The van der Waals surface area contributed by atoms with Crippen molar-refractivity contribution in [3.8, 4) is 5.75 Å². The number of aromatic hydroxyl groups is 1. The molecule has 0 aliphatic carbocycles. The van der Waals surface area contributed by atoms with Crippen molar-refractivity contribution in [1.29, 1.82) is 0 Å². The van der Waals surface area contributed by atoms with Crippen LogP contribution in [0.2, 0.25) is 19.6 Å². The van der Waals surface area contributed by atoms with Gasteiger partial charge >= 0.3 is 50.2 Å². The monoisotopic (exact) mass is 610 g/mol. The Kier molecular flexibility index (Phi) is 10.2. The maximum atomic E-state index is 13.0. The van der Waals surface area contributed by atoms with Crippen LogP contribution in [0.5, 0.6) is 5.75 Å². The van der Waals surface area contributed by atoms with E-state index in [1.165, 1.54) is 6.07 Å². The van der Waals surface area contributed by atoms with Gasteiger partial charge in [0.2, 0.25) is 0 Å². The van der Waals surface area contributed by atoms with Gasteiger partial charge in [-0.05, 0) is 23.4 Å². The van der Waals surface area contributed by atoms with Crippen LogP contribution in [0, 0.1) is 10.1 Å². The second kappa shape index (κ2) is 11.3. The van der Waals surface area contributed by atoms with Crippen LogP contribution >= 0.6 is 17.0 Å². The number of nitrogens with zero attached hydrogens (tertiary/aromatic N) is 2. The van der Waals surface area contributed by atoms with Crippen molar-refractivity contribution in [1.82, 2.24) is 0 Å². The standard InChI is InChI=1S/C18H16F6N2O3Si.2ClH.Zr/c1-30(2,3)15-8-14(26(28)29)4-10(16(15)27)9-25-13-6-11(17(19,20)21)5-12(7-13)18(22,23)24;;;/h4-9,27H,1-3H3;2*1H;/q;;;+2/p-2. The molecule has 0 aliphatic heterocycles. The van der Waals surface area contributed by atoms with E-state index in [9.17, 15) is 41.6 Å². The molecule has 180 valence electrons. The summed E-state index contributed by atoms with van der Waals surface area (Å²) in [5.74, 6) is -0.355. The number of aliphatic imine (C=N–C) groups is 1. The van der Waals surface area contributed by atoms with E-state index in [4.69, 9.17) is 17.0 Å². The predicted molar refractivity (Wildman–Crippen MR) is 113 cm³/mol. The summed E-state index contributed by atoms with van der Waals surface area (Å²) >= 11 is -0.826. The van der Waals surface area contributed by atoms with E-state index in [0.29, 0.717) is 17.3 Å². The molecule has 5 nitrogen and oxygen atoms in total. The van der Waals surface area contributed by atoms with E-state index >= 15 is 0 Å². The molecule has 0 bridgehead atoms. The molecule has 15 heteroatoms. The van der Waals surface area contributed by atoms with Crippen molar-refractivity contribution in [2.75, 3.05) is 0 Å². The number of hydrogen-bond acceptors (Lipinski definition) is 4. The summed E-state index contributed by atoms with van der Waals surface area (Å²) in [5, 5.41) is 21.9. The van der Waals surface area contributed by atoms with Gasteiger partial charge in [-0.3, -0.25) is 15.1 Å². The van der Waals surface area contributed by atoms with Gasteiger partial charge in [0.05, 0.1) is 29.8 Å². The van der Waals surface area contributed by atoms with Gasteiger partial charge in [0.15, 0.2) is 0 Å². The summed E-state index contributed by atoms with van der Waals surface area (Å²) in [7, 11) is 7.59. The second-order valence-corrected chi connectivity index (χ2v) is 16.3. The van der Waals surface area contributed by atoms with Crippen LogP contribution < -0.4 is 5.19 Å². The number of alkyl halides is 6. The predicted octanol–water partition coefficient (Wildman–Crippen LogP) is 7.01. The number of hydrogen-bond donors (Lipinski definition) is 1. The van der Waals surface area contributed by atoms with E-state index in [0.717, 1.165) is 12.3 Å². The van der Waals surface area contributed by atoms with Crippen LogP contribution in [0.1, 0.15) is 16.7 Å². The minimum atomic E-state index is -5.04. The van der Waals surface area contributed by atoms with Crippen LogP contribution in [0.15, 0.2) is 35.3 Å². The van der Waals surface area contributed by atoms with Gasteiger partial charge in [-0.25, -0.2) is 0 Å². The molecular formula is C18H16Cl2F6N2O3SiZr. The minimum absolute atomic E-state index is 0.0346. The van der Waals surface area contributed by atoms with E-state index in [-0.39, 0.29) is 23.1 Å². The molecule has 0 fully saturated rings. The van der Waals surface area contributed by atoms with Gasteiger partial charge in [-0.2, -0.15) is 26.3 Å². The first-order valence-corrected chi connectivity index (χ1v) is 18.6. The number of rotatable bonds is 4. The second-order valence-electron chi connectivity index (χ2n) is 7.53. The van der Waals surface area contributed by atoms with Crippen LogP contribution in [-0.4, -0.2) is 24.3 Å². The van der Waals surface area contributed by atoms with Crippen LogP contribution in [0.3, 0.4) is 0 Å². The summed E-state index contributed by atoms with van der Waals surface area (Å²) in [6, 6.07) is 2.94. The Hall–Kier alpha value is -1.43. The molecule has 0 spiro atoms. The zero-order valence-corrected chi connectivity index (χ0v) is 22.1. The number of nitro groups is 1. The first-order chi connectivity index (χ1) is 14.9.